The predicted octanol–water partition coefficient (Wildman–Crippen LogP) is 2.93. The van der Waals surface area contributed by atoms with Gasteiger partial charge in [-0.15, -0.1) is 0 Å². The number of carbonyl (C=O) groups is 2. The van der Waals surface area contributed by atoms with Crippen LogP contribution in [-0.2, 0) is 20.9 Å². The molecule has 1 heterocycles. The van der Waals surface area contributed by atoms with Crippen molar-refractivity contribution in [2.45, 2.75) is 53.1 Å². The molecule has 0 aliphatic carbocycles. The SMILES string of the molecule is CCOC(=O)C1CCCN(C(=O)C(C)N(C)Cc2cc(C)c(OC)c(C)c2)C1. The first-order chi connectivity index (χ1) is 13.3. The van der Waals surface area contributed by atoms with Crippen LogP contribution in [0, 0.1) is 19.8 Å². The van der Waals surface area contributed by atoms with Crippen molar-refractivity contribution in [3.05, 3.63) is 28.8 Å². The van der Waals surface area contributed by atoms with Crippen LogP contribution < -0.4 is 4.74 Å². The van der Waals surface area contributed by atoms with E-state index in [2.05, 4.69) is 17.0 Å². The molecule has 2 atom stereocenters. The summed E-state index contributed by atoms with van der Waals surface area (Å²) in [5, 5.41) is 0. The Kier molecular flexibility index (Phi) is 7.87. The summed E-state index contributed by atoms with van der Waals surface area (Å²) in [6, 6.07) is 3.96. The minimum atomic E-state index is -0.261. The predicted molar refractivity (Wildman–Crippen MR) is 109 cm³/mol. The summed E-state index contributed by atoms with van der Waals surface area (Å²) in [7, 11) is 3.65. The third kappa shape index (κ3) is 5.25. The van der Waals surface area contributed by atoms with Crippen LogP contribution in [0.4, 0.5) is 0 Å². The molecule has 0 bridgehead atoms. The Hall–Kier alpha value is -2.08. The molecule has 28 heavy (non-hydrogen) atoms. The Morgan fingerprint density at radius 3 is 2.50 bits per heavy atom. The summed E-state index contributed by atoms with van der Waals surface area (Å²) in [5.74, 6) is 0.583. The smallest absolute Gasteiger partial charge is 0.310 e. The largest absolute Gasteiger partial charge is 0.496 e. The van der Waals surface area contributed by atoms with Crippen molar-refractivity contribution in [2.24, 2.45) is 5.92 Å². The van der Waals surface area contributed by atoms with Crippen molar-refractivity contribution in [3.8, 4) is 5.75 Å². The van der Waals surface area contributed by atoms with Gasteiger partial charge < -0.3 is 14.4 Å². The number of amides is 1. The second-order valence-electron chi connectivity index (χ2n) is 7.73. The van der Waals surface area contributed by atoms with Gasteiger partial charge in [0.2, 0.25) is 5.91 Å². The molecule has 2 rings (SSSR count). The molecular formula is C22H34N2O4. The van der Waals surface area contributed by atoms with Gasteiger partial charge in [-0.3, -0.25) is 14.5 Å². The molecule has 2 unspecified atom stereocenters. The van der Waals surface area contributed by atoms with Crippen molar-refractivity contribution < 1.29 is 19.1 Å². The first-order valence-electron chi connectivity index (χ1n) is 10.1. The van der Waals surface area contributed by atoms with Gasteiger partial charge in [-0.05, 0) is 64.3 Å². The molecule has 0 saturated carbocycles. The van der Waals surface area contributed by atoms with E-state index in [-0.39, 0.29) is 23.8 Å². The summed E-state index contributed by atoms with van der Waals surface area (Å²) >= 11 is 0. The number of likely N-dealkylation sites (tertiary alicyclic amines) is 1. The van der Waals surface area contributed by atoms with Crippen molar-refractivity contribution in [2.75, 3.05) is 33.9 Å². The average Bonchev–Trinajstić information content (AvgIpc) is 2.66. The highest BCUT2D eigenvalue weighted by Crippen LogP contribution is 2.25. The second-order valence-corrected chi connectivity index (χ2v) is 7.73. The summed E-state index contributed by atoms with van der Waals surface area (Å²) in [4.78, 5) is 28.9. The number of hydrogen-bond acceptors (Lipinski definition) is 5. The van der Waals surface area contributed by atoms with Crippen LogP contribution in [0.3, 0.4) is 0 Å². The fourth-order valence-electron chi connectivity index (χ4n) is 3.96. The molecular weight excluding hydrogens is 356 g/mol. The van der Waals surface area contributed by atoms with E-state index in [1.54, 1.807) is 7.11 Å². The van der Waals surface area contributed by atoms with Gasteiger partial charge in [0, 0.05) is 19.6 Å². The van der Waals surface area contributed by atoms with Crippen molar-refractivity contribution >= 4 is 11.9 Å². The minimum Gasteiger partial charge on any atom is -0.496 e. The van der Waals surface area contributed by atoms with Gasteiger partial charge in [0.05, 0.1) is 25.7 Å². The lowest BCUT2D eigenvalue weighted by Crippen LogP contribution is -2.50. The number of esters is 1. The van der Waals surface area contributed by atoms with Crippen LogP contribution in [0.1, 0.15) is 43.4 Å². The lowest BCUT2D eigenvalue weighted by Gasteiger charge is -2.35. The molecule has 1 fully saturated rings. The first kappa shape index (κ1) is 22.2. The Labute approximate surface area is 168 Å². The zero-order valence-electron chi connectivity index (χ0n) is 18.1. The van der Waals surface area contributed by atoms with E-state index in [1.165, 1.54) is 0 Å². The van der Waals surface area contributed by atoms with E-state index < -0.39 is 0 Å². The number of methoxy groups -OCH3 is 1. The molecule has 1 aliphatic rings. The van der Waals surface area contributed by atoms with Gasteiger partial charge in [-0.1, -0.05) is 12.1 Å². The summed E-state index contributed by atoms with van der Waals surface area (Å²) in [5.41, 5.74) is 3.34. The fraction of sp³-hybridized carbons (Fsp3) is 0.636. The van der Waals surface area contributed by atoms with E-state index in [0.717, 1.165) is 35.3 Å². The normalized spacial score (nSPS) is 18.1. The molecule has 0 spiro atoms. The highest BCUT2D eigenvalue weighted by atomic mass is 16.5. The topological polar surface area (TPSA) is 59.1 Å². The van der Waals surface area contributed by atoms with Crippen LogP contribution in [0.25, 0.3) is 0 Å². The number of aryl methyl sites for hydroxylation is 2. The van der Waals surface area contributed by atoms with E-state index in [1.807, 2.05) is 39.6 Å². The van der Waals surface area contributed by atoms with Crippen LogP contribution in [0.5, 0.6) is 5.75 Å². The molecule has 0 N–H and O–H groups in total. The van der Waals surface area contributed by atoms with Gasteiger partial charge >= 0.3 is 5.97 Å². The maximum Gasteiger partial charge on any atom is 0.310 e. The summed E-state index contributed by atoms with van der Waals surface area (Å²) in [6.45, 7) is 10.0. The number of piperidine rings is 1. The molecule has 6 heteroatoms. The maximum atomic E-state index is 13.0. The molecule has 1 aliphatic heterocycles. The van der Waals surface area contributed by atoms with Crippen molar-refractivity contribution in [3.63, 3.8) is 0 Å². The highest BCUT2D eigenvalue weighted by Gasteiger charge is 2.32. The fourth-order valence-corrected chi connectivity index (χ4v) is 3.96. The molecule has 6 nitrogen and oxygen atoms in total. The lowest BCUT2D eigenvalue weighted by atomic mass is 9.97. The molecule has 1 amide bonds. The number of rotatable bonds is 7. The molecule has 0 aromatic heterocycles. The third-order valence-corrected chi connectivity index (χ3v) is 5.53. The van der Waals surface area contributed by atoms with Crippen LogP contribution in [-0.4, -0.2) is 61.6 Å². The number of carbonyl (C=O) groups excluding carboxylic acids is 2. The van der Waals surface area contributed by atoms with Crippen molar-refractivity contribution in [1.82, 2.24) is 9.80 Å². The quantitative estimate of drug-likeness (QED) is 0.670. The van der Waals surface area contributed by atoms with Gasteiger partial charge in [0.25, 0.3) is 0 Å². The summed E-state index contributed by atoms with van der Waals surface area (Å²) in [6.07, 6.45) is 1.62. The van der Waals surface area contributed by atoms with E-state index in [0.29, 0.717) is 26.2 Å². The van der Waals surface area contributed by atoms with Gasteiger partial charge in [0.1, 0.15) is 5.75 Å². The maximum absolute atomic E-state index is 13.0. The monoisotopic (exact) mass is 390 g/mol. The number of ether oxygens (including phenoxy) is 2. The van der Waals surface area contributed by atoms with E-state index in [4.69, 9.17) is 9.47 Å². The summed E-state index contributed by atoms with van der Waals surface area (Å²) < 4.78 is 10.6. The molecule has 1 aromatic rings. The standard InChI is InChI=1S/C22H34N2O4/c1-7-28-22(26)19-9-8-10-24(14-19)21(25)17(4)23(5)13-18-11-15(2)20(27-6)16(3)12-18/h11-12,17,19H,7-10,13-14H2,1-6H3. The Morgan fingerprint density at radius 2 is 1.93 bits per heavy atom. The molecule has 1 aromatic carbocycles. The van der Waals surface area contributed by atoms with Gasteiger partial charge in [-0.25, -0.2) is 0 Å². The Balaban J connectivity index is 2.01. The second kappa shape index (κ2) is 9.92. The Morgan fingerprint density at radius 1 is 1.29 bits per heavy atom. The average molecular weight is 391 g/mol. The first-order valence-corrected chi connectivity index (χ1v) is 10.1. The molecule has 156 valence electrons. The number of benzene rings is 1. The highest BCUT2D eigenvalue weighted by molar-refractivity contribution is 5.82. The van der Waals surface area contributed by atoms with Crippen LogP contribution in [0.15, 0.2) is 12.1 Å². The number of hydrogen-bond donors (Lipinski definition) is 0. The zero-order chi connectivity index (χ0) is 20.8. The zero-order valence-corrected chi connectivity index (χ0v) is 18.1. The lowest BCUT2D eigenvalue weighted by molar-refractivity contribution is -0.152. The van der Waals surface area contributed by atoms with Crippen LogP contribution in [0.2, 0.25) is 0 Å². The van der Waals surface area contributed by atoms with E-state index >= 15 is 0 Å². The van der Waals surface area contributed by atoms with Crippen molar-refractivity contribution in [1.29, 1.82) is 0 Å². The molecule has 1 saturated heterocycles. The van der Waals surface area contributed by atoms with E-state index in [9.17, 15) is 9.59 Å². The number of likely N-dealkylation sites (N-methyl/N-ethyl adjacent to an activating group) is 1. The van der Waals surface area contributed by atoms with Crippen LogP contribution >= 0.6 is 0 Å². The molecule has 0 radical (unpaired) electrons. The minimum absolute atomic E-state index is 0.0680. The third-order valence-electron chi connectivity index (χ3n) is 5.53. The Bertz CT molecular complexity index is 681. The number of nitrogens with zero attached hydrogens (tertiary/aromatic N) is 2. The van der Waals surface area contributed by atoms with Gasteiger partial charge in [-0.2, -0.15) is 0 Å². The van der Waals surface area contributed by atoms with Gasteiger partial charge in [0.15, 0.2) is 0 Å².